The van der Waals surface area contributed by atoms with Gasteiger partial charge in [-0.15, -0.1) is 11.3 Å². The number of ether oxygens (including phenoxy) is 1. The molecule has 1 saturated carbocycles. The zero-order chi connectivity index (χ0) is 22.3. The second kappa shape index (κ2) is 10.8. The fraction of sp³-hybridized carbons (Fsp3) is 0.280. The number of nitrogens with zero attached hydrogens (tertiary/aromatic N) is 2. The van der Waals surface area contributed by atoms with Crippen LogP contribution in [-0.4, -0.2) is 10.7 Å². The zero-order valence-corrected chi connectivity index (χ0v) is 19.8. The van der Waals surface area contributed by atoms with Crippen LogP contribution < -0.4 is 15.6 Å². The van der Waals surface area contributed by atoms with Gasteiger partial charge in [-0.3, -0.25) is 5.14 Å². The van der Waals surface area contributed by atoms with Crippen LogP contribution in [0.2, 0.25) is 0 Å². The van der Waals surface area contributed by atoms with Gasteiger partial charge in [0.25, 0.3) is 0 Å². The van der Waals surface area contributed by atoms with Crippen molar-refractivity contribution in [2.45, 2.75) is 43.9 Å². The van der Waals surface area contributed by atoms with Crippen LogP contribution in [0.25, 0.3) is 5.70 Å². The minimum atomic E-state index is 0.282. The smallest absolute Gasteiger partial charge is 0.209 e. The summed E-state index contributed by atoms with van der Waals surface area (Å²) in [5.74, 6) is 1.60. The topological polar surface area (TPSA) is 86.5 Å². The number of aliphatic imine (C=N–C) groups is 1. The Labute approximate surface area is 197 Å². The first kappa shape index (κ1) is 22.6. The molecule has 4 N–H and O–H groups in total. The standard InChI is InChI=1S/C25H28N4OS2/c1-17-16-31-25(28-17)29-23(19-10-6-3-7-11-19)24(22(26)18-8-4-2-5-9-18)30-20-12-14-21(32-27)15-13-20/h2,4-5,8-9,12-16,19H,3,6-7,10-11,26-27H2,1H3. The van der Waals surface area contributed by atoms with E-state index in [4.69, 9.17) is 20.6 Å². The van der Waals surface area contributed by atoms with E-state index in [-0.39, 0.29) is 5.92 Å². The van der Waals surface area contributed by atoms with Gasteiger partial charge in [-0.1, -0.05) is 49.6 Å². The van der Waals surface area contributed by atoms with Crippen LogP contribution in [0.5, 0.6) is 5.75 Å². The molecule has 4 rings (SSSR count). The highest BCUT2D eigenvalue weighted by Gasteiger charge is 2.27. The Morgan fingerprint density at radius 1 is 1.06 bits per heavy atom. The second-order valence-corrected chi connectivity index (χ2v) is 9.45. The van der Waals surface area contributed by atoms with Crippen LogP contribution in [0, 0.1) is 12.8 Å². The van der Waals surface area contributed by atoms with Gasteiger partial charge in [0, 0.05) is 21.8 Å². The molecule has 1 heterocycles. The Balaban J connectivity index is 1.82. The quantitative estimate of drug-likeness (QED) is 0.237. The molecule has 32 heavy (non-hydrogen) atoms. The fourth-order valence-corrected chi connectivity index (χ4v) is 4.87. The van der Waals surface area contributed by atoms with E-state index in [1.54, 1.807) is 11.3 Å². The molecule has 166 valence electrons. The maximum absolute atomic E-state index is 6.74. The average molecular weight is 465 g/mol. The summed E-state index contributed by atoms with van der Waals surface area (Å²) in [5.41, 5.74) is 10.1. The molecule has 7 heteroatoms. The van der Waals surface area contributed by atoms with Gasteiger partial charge >= 0.3 is 0 Å². The predicted molar refractivity (Wildman–Crippen MR) is 135 cm³/mol. The lowest BCUT2D eigenvalue weighted by molar-refractivity contribution is 0.411. The largest absolute Gasteiger partial charge is 0.453 e. The molecule has 0 radical (unpaired) electrons. The summed E-state index contributed by atoms with van der Waals surface area (Å²) in [6.07, 6.45) is 5.76. The van der Waals surface area contributed by atoms with Crippen molar-refractivity contribution in [3.8, 4) is 5.75 Å². The number of allylic oxidation sites excluding steroid dienone is 1. The summed E-state index contributed by atoms with van der Waals surface area (Å²) >= 11 is 2.75. The third kappa shape index (κ3) is 5.59. The number of thiazole rings is 1. The van der Waals surface area contributed by atoms with Crippen molar-refractivity contribution in [3.63, 3.8) is 0 Å². The van der Waals surface area contributed by atoms with E-state index >= 15 is 0 Å². The van der Waals surface area contributed by atoms with Crippen molar-refractivity contribution >= 4 is 39.8 Å². The highest BCUT2D eigenvalue weighted by atomic mass is 32.2. The van der Waals surface area contributed by atoms with Gasteiger partial charge in [-0.2, -0.15) is 0 Å². The fourth-order valence-electron chi connectivity index (χ4n) is 3.90. The molecule has 1 aliphatic rings. The minimum Gasteiger partial charge on any atom is -0.453 e. The molecule has 1 aliphatic carbocycles. The van der Waals surface area contributed by atoms with Crippen LogP contribution in [0.15, 0.2) is 75.6 Å². The summed E-state index contributed by atoms with van der Waals surface area (Å²) in [7, 11) is 0. The van der Waals surface area contributed by atoms with E-state index < -0.39 is 0 Å². The molecule has 0 amide bonds. The molecular weight excluding hydrogens is 436 g/mol. The molecule has 3 aromatic rings. The summed E-state index contributed by atoms with van der Waals surface area (Å²) in [5, 5.41) is 8.44. The maximum Gasteiger partial charge on any atom is 0.209 e. The lowest BCUT2D eigenvalue weighted by Crippen LogP contribution is -2.25. The van der Waals surface area contributed by atoms with Gasteiger partial charge in [0.2, 0.25) is 5.13 Å². The third-order valence-corrected chi connectivity index (χ3v) is 6.95. The van der Waals surface area contributed by atoms with E-state index in [1.165, 1.54) is 31.2 Å². The Hall–Kier alpha value is -2.61. The van der Waals surface area contributed by atoms with Crippen LogP contribution >= 0.6 is 23.3 Å². The zero-order valence-electron chi connectivity index (χ0n) is 18.2. The SMILES string of the molecule is Cc1csc(N=C(C(Oc2ccc(SN)cc2)=C(N)c2ccccc2)C2CCCCC2)n1. The average Bonchev–Trinajstić information content (AvgIpc) is 3.27. The summed E-state index contributed by atoms with van der Waals surface area (Å²) in [4.78, 5) is 10.6. The van der Waals surface area contributed by atoms with Crippen LogP contribution in [0.1, 0.15) is 43.4 Å². The number of aromatic nitrogens is 1. The normalized spacial score (nSPS) is 16.0. The number of hydrogen-bond donors (Lipinski definition) is 2. The van der Waals surface area contributed by atoms with Crippen molar-refractivity contribution in [2.75, 3.05) is 0 Å². The number of nitrogens with two attached hydrogens (primary N) is 2. The van der Waals surface area contributed by atoms with Crippen molar-refractivity contribution < 1.29 is 4.74 Å². The molecule has 2 aromatic carbocycles. The summed E-state index contributed by atoms with van der Waals surface area (Å²) in [6, 6.07) is 17.7. The molecule has 0 unspecified atom stereocenters. The van der Waals surface area contributed by atoms with Gasteiger partial charge in [-0.25, -0.2) is 9.98 Å². The molecule has 1 aromatic heterocycles. The summed E-state index contributed by atoms with van der Waals surface area (Å²) in [6.45, 7) is 1.98. The Bertz CT molecular complexity index is 1080. The van der Waals surface area contributed by atoms with Gasteiger partial charge in [0.15, 0.2) is 5.76 Å². The van der Waals surface area contributed by atoms with Gasteiger partial charge in [-0.05, 0) is 56.0 Å². The van der Waals surface area contributed by atoms with E-state index in [1.807, 2.05) is 66.9 Å². The molecule has 0 spiro atoms. The van der Waals surface area contributed by atoms with Crippen molar-refractivity contribution in [1.29, 1.82) is 0 Å². The highest BCUT2D eigenvalue weighted by Crippen LogP contribution is 2.33. The lowest BCUT2D eigenvalue weighted by atomic mass is 9.84. The monoisotopic (exact) mass is 464 g/mol. The molecule has 0 bridgehead atoms. The number of hydrogen-bond acceptors (Lipinski definition) is 7. The molecular formula is C25H28N4OS2. The lowest BCUT2D eigenvalue weighted by Gasteiger charge is -2.26. The number of aryl methyl sites for hydroxylation is 1. The van der Waals surface area contributed by atoms with Gasteiger partial charge in [0.05, 0.1) is 17.1 Å². The first-order valence-corrected chi connectivity index (χ1v) is 12.6. The molecule has 0 atom stereocenters. The first-order valence-electron chi connectivity index (χ1n) is 10.8. The maximum atomic E-state index is 6.74. The molecule has 5 nitrogen and oxygen atoms in total. The Morgan fingerprint density at radius 3 is 2.41 bits per heavy atom. The second-order valence-electron chi connectivity index (χ2n) is 7.90. The molecule has 0 aliphatic heterocycles. The first-order chi connectivity index (χ1) is 15.6. The van der Waals surface area contributed by atoms with Gasteiger partial charge < -0.3 is 10.5 Å². The predicted octanol–water partition coefficient (Wildman–Crippen LogP) is 6.48. The van der Waals surface area contributed by atoms with Crippen molar-refractivity contribution in [1.82, 2.24) is 4.98 Å². The van der Waals surface area contributed by atoms with Crippen LogP contribution in [-0.2, 0) is 0 Å². The van der Waals surface area contributed by atoms with Gasteiger partial charge in [0.1, 0.15) is 5.75 Å². The van der Waals surface area contributed by atoms with E-state index in [2.05, 4.69) is 4.98 Å². The Morgan fingerprint density at radius 2 is 1.78 bits per heavy atom. The number of benzene rings is 2. The summed E-state index contributed by atoms with van der Waals surface area (Å²) < 4.78 is 6.48. The van der Waals surface area contributed by atoms with Crippen molar-refractivity contribution in [3.05, 3.63) is 77.0 Å². The van der Waals surface area contributed by atoms with Crippen LogP contribution in [0.4, 0.5) is 5.13 Å². The highest BCUT2D eigenvalue weighted by molar-refractivity contribution is 7.97. The van der Waals surface area contributed by atoms with E-state index in [0.29, 0.717) is 17.2 Å². The van der Waals surface area contributed by atoms with E-state index in [9.17, 15) is 0 Å². The molecule has 1 fully saturated rings. The van der Waals surface area contributed by atoms with Crippen LogP contribution in [0.3, 0.4) is 0 Å². The molecule has 0 saturated heterocycles. The minimum absolute atomic E-state index is 0.282. The van der Waals surface area contributed by atoms with E-state index in [0.717, 1.165) is 39.8 Å². The third-order valence-electron chi connectivity index (χ3n) is 5.56. The number of rotatable bonds is 7. The van der Waals surface area contributed by atoms with Crippen molar-refractivity contribution in [2.24, 2.45) is 21.8 Å². The Kier molecular flexibility index (Phi) is 7.63.